The van der Waals surface area contributed by atoms with Crippen LogP contribution < -0.4 is 4.43 Å². The zero-order chi connectivity index (χ0) is 15.0. The van der Waals surface area contributed by atoms with Crippen molar-refractivity contribution < 1.29 is 18.8 Å². The molecule has 0 bridgehead atoms. The second kappa shape index (κ2) is 5.38. The number of carbonyl (C=O) groups excluding carboxylic acids is 1. The molecular formula is C13H19O4Si2. The molecular weight excluding hydrogens is 276 g/mol. The molecule has 0 fully saturated rings. The topological polar surface area (TPSA) is 55.8 Å². The van der Waals surface area contributed by atoms with E-state index in [-0.39, 0.29) is 11.3 Å². The number of benzene rings is 1. The summed E-state index contributed by atoms with van der Waals surface area (Å²) in [4.78, 5) is 12.2. The first kappa shape index (κ1) is 15.8. The number of rotatable bonds is 3. The Labute approximate surface area is 118 Å². The van der Waals surface area contributed by atoms with Gasteiger partial charge in [-0.1, -0.05) is 0 Å². The van der Waals surface area contributed by atoms with Crippen molar-refractivity contribution in [2.45, 2.75) is 40.4 Å². The lowest BCUT2D eigenvalue weighted by molar-refractivity contribution is 0.0719. The standard InChI is InChI=1S/C13H19O4Si2/c1-7-8(2)11(14)10(12(16-18)9(7)3)13(15)17-19(4,5)6/h14H,1-6H3. The maximum atomic E-state index is 12.2. The van der Waals surface area contributed by atoms with E-state index in [1.54, 1.807) is 6.92 Å². The van der Waals surface area contributed by atoms with Crippen LogP contribution in [0, 0.1) is 20.8 Å². The molecule has 1 rings (SSSR count). The highest BCUT2D eigenvalue weighted by molar-refractivity contribution is 6.71. The molecule has 0 aliphatic rings. The Bertz CT molecular complexity index is 519. The molecule has 0 unspecified atom stereocenters. The third-order valence-electron chi connectivity index (χ3n) is 2.99. The average molecular weight is 295 g/mol. The second-order valence-electron chi connectivity index (χ2n) is 5.53. The Morgan fingerprint density at radius 1 is 1.11 bits per heavy atom. The smallest absolute Gasteiger partial charge is 0.341 e. The van der Waals surface area contributed by atoms with Crippen LogP contribution in [0.4, 0.5) is 0 Å². The minimum Gasteiger partial charge on any atom is -0.540 e. The highest BCUT2D eigenvalue weighted by Gasteiger charge is 2.28. The molecule has 0 saturated carbocycles. The van der Waals surface area contributed by atoms with Crippen molar-refractivity contribution >= 4 is 24.8 Å². The van der Waals surface area contributed by atoms with Crippen LogP contribution >= 0.6 is 0 Å². The van der Waals surface area contributed by atoms with E-state index >= 15 is 0 Å². The quantitative estimate of drug-likeness (QED) is 0.871. The lowest BCUT2D eigenvalue weighted by atomic mass is 9.97. The number of aromatic hydroxyl groups is 1. The van der Waals surface area contributed by atoms with Gasteiger partial charge in [-0.25, -0.2) is 4.79 Å². The minimum atomic E-state index is -2.04. The number of phenolic OH excluding ortho intramolecular Hbond substituents is 1. The maximum absolute atomic E-state index is 12.2. The van der Waals surface area contributed by atoms with E-state index in [9.17, 15) is 9.90 Å². The van der Waals surface area contributed by atoms with E-state index in [0.717, 1.165) is 11.1 Å². The monoisotopic (exact) mass is 295 g/mol. The summed E-state index contributed by atoms with van der Waals surface area (Å²) >= 11 is 0. The van der Waals surface area contributed by atoms with Gasteiger partial charge in [-0.05, 0) is 57.1 Å². The van der Waals surface area contributed by atoms with Crippen molar-refractivity contribution in [2.75, 3.05) is 0 Å². The van der Waals surface area contributed by atoms with Crippen LogP contribution in [-0.2, 0) is 4.43 Å². The molecule has 0 saturated heterocycles. The molecule has 4 nitrogen and oxygen atoms in total. The van der Waals surface area contributed by atoms with Crippen LogP contribution in [0.25, 0.3) is 0 Å². The summed E-state index contributed by atoms with van der Waals surface area (Å²) in [6.07, 6.45) is 0. The predicted octanol–water partition coefficient (Wildman–Crippen LogP) is 2.77. The molecule has 1 aromatic carbocycles. The van der Waals surface area contributed by atoms with Gasteiger partial charge >= 0.3 is 16.5 Å². The second-order valence-corrected chi connectivity index (χ2v) is 10.2. The van der Waals surface area contributed by atoms with Gasteiger partial charge in [0.05, 0.1) is 0 Å². The first-order valence-electron chi connectivity index (χ1n) is 5.99. The van der Waals surface area contributed by atoms with Crippen LogP contribution in [0.5, 0.6) is 11.5 Å². The molecule has 0 heterocycles. The molecule has 3 radical (unpaired) electrons. The van der Waals surface area contributed by atoms with E-state index < -0.39 is 14.3 Å². The Hall–Kier alpha value is -1.28. The van der Waals surface area contributed by atoms with Crippen molar-refractivity contribution in [3.8, 4) is 11.5 Å². The minimum absolute atomic E-state index is 0.0815. The number of carbonyl (C=O) groups is 1. The Balaban J connectivity index is 3.46. The van der Waals surface area contributed by atoms with E-state index in [1.807, 2.05) is 33.5 Å². The summed E-state index contributed by atoms with van der Waals surface area (Å²) in [5.74, 6) is -0.323. The van der Waals surface area contributed by atoms with Gasteiger partial charge in [0.25, 0.3) is 0 Å². The summed E-state index contributed by atoms with van der Waals surface area (Å²) in [6.45, 7) is 11.2. The molecule has 103 valence electrons. The molecule has 19 heavy (non-hydrogen) atoms. The van der Waals surface area contributed by atoms with Crippen LogP contribution in [0.1, 0.15) is 27.0 Å². The zero-order valence-corrected chi connectivity index (χ0v) is 14.2. The van der Waals surface area contributed by atoms with Gasteiger partial charge in [0, 0.05) is 0 Å². The first-order valence-corrected chi connectivity index (χ1v) is 9.81. The average Bonchev–Trinajstić information content (AvgIpc) is 2.28. The predicted molar refractivity (Wildman–Crippen MR) is 77.5 cm³/mol. The maximum Gasteiger partial charge on any atom is 0.341 e. The van der Waals surface area contributed by atoms with Gasteiger partial charge in [-0.2, -0.15) is 0 Å². The largest absolute Gasteiger partial charge is 0.540 e. The van der Waals surface area contributed by atoms with Crippen LogP contribution in [0.2, 0.25) is 19.6 Å². The van der Waals surface area contributed by atoms with Crippen molar-refractivity contribution in [3.05, 3.63) is 22.3 Å². The van der Waals surface area contributed by atoms with Crippen LogP contribution in [0.15, 0.2) is 0 Å². The fraction of sp³-hybridized carbons (Fsp3) is 0.462. The molecule has 0 aliphatic carbocycles. The molecule has 1 N–H and O–H groups in total. The molecule has 0 aliphatic heterocycles. The van der Waals surface area contributed by atoms with Crippen molar-refractivity contribution in [1.82, 2.24) is 0 Å². The molecule has 1 aromatic rings. The van der Waals surface area contributed by atoms with Crippen molar-refractivity contribution in [2.24, 2.45) is 0 Å². The van der Waals surface area contributed by atoms with E-state index in [4.69, 9.17) is 8.85 Å². The van der Waals surface area contributed by atoms with Crippen LogP contribution in [-0.4, -0.2) is 29.9 Å². The molecule has 0 spiro atoms. The highest BCUT2D eigenvalue weighted by Crippen LogP contribution is 2.38. The third kappa shape index (κ3) is 3.19. The van der Waals surface area contributed by atoms with Gasteiger partial charge in [-0.15, -0.1) is 0 Å². The van der Waals surface area contributed by atoms with E-state index in [2.05, 4.69) is 10.5 Å². The lowest BCUT2D eigenvalue weighted by Gasteiger charge is -2.21. The fourth-order valence-electron chi connectivity index (χ4n) is 1.76. The Morgan fingerprint density at radius 3 is 2.05 bits per heavy atom. The molecule has 6 heteroatoms. The summed E-state index contributed by atoms with van der Waals surface area (Å²) in [5.41, 5.74) is 2.42. The van der Waals surface area contributed by atoms with Crippen LogP contribution in [0.3, 0.4) is 0 Å². The van der Waals surface area contributed by atoms with Gasteiger partial charge in [0.15, 0.2) is 0 Å². The Morgan fingerprint density at radius 2 is 1.63 bits per heavy atom. The summed E-state index contributed by atoms with van der Waals surface area (Å²) in [7, 11) is 0.902. The molecule has 0 aromatic heterocycles. The first-order chi connectivity index (χ1) is 8.60. The summed E-state index contributed by atoms with van der Waals surface area (Å²) < 4.78 is 10.5. The highest BCUT2D eigenvalue weighted by atomic mass is 28.4. The number of phenols is 1. The van der Waals surface area contributed by atoms with Gasteiger partial charge in [0.2, 0.25) is 8.32 Å². The summed E-state index contributed by atoms with van der Waals surface area (Å²) in [6, 6.07) is 0. The molecule has 0 amide bonds. The third-order valence-corrected chi connectivity index (χ3v) is 3.99. The van der Waals surface area contributed by atoms with E-state index in [0.29, 0.717) is 11.3 Å². The summed E-state index contributed by atoms with van der Waals surface area (Å²) in [5, 5.41) is 10.2. The zero-order valence-electron chi connectivity index (χ0n) is 12.2. The van der Waals surface area contributed by atoms with Gasteiger partial charge in [-0.3, -0.25) is 0 Å². The van der Waals surface area contributed by atoms with Gasteiger partial charge in [0.1, 0.15) is 17.1 Å². The normalized spacial score (nSPS) is 11.3. The van der Waals surface area contributed by atoms with E-state index in [1.165, 1.54) is 0 Å². The number of hydrogen-bond acceptors (Lipinski definition) is 4. The molecule has 0 atom stereocenters. The van der Waals surface area contributed by atoms with Crippen molar-refractivity contribution in [3.63, 3.8) is 0 Å². The lowest BCUT2D eigenvalue weighted by Crippen LogP contribution is -2.29. The SMILES string of the molecule is Cc1c(C)c(O)c(C(=O)O[Si](C)(C)C)c(O[Si])c1C. The van der Waals surface area contributed by atoms with Crippen molar-refractivity contribution in [1.29, 1.82) is 0 Å². The number of hydrogen-bond donors (Lipinski definition) is 1. The fourth-order valence-corrected chi connectivity index (χ4v) is 2.67. The van der Waals surface area contributed by atoms with Gasteiger partial charge < -0.3 is 14.0 Å². The Kier molecular flexibility index (Phi) is 4.47.